The second-order valence-corrected chi connectivity index (χ2v) is 4.82. The average Bonchev–Trinajstić information content (AvgIpc) is 2.52. The minimum absolute atomic E-state index is 0.459. The molecule has 0 aromatic heterocycles. The quantitative estimate of drug-likeness (QED) is 0.682. The predicted octanol–water partition coefficient (Wildman–Crippen LogP) is 4.06. The number of benzene rings is 2. The van der Waals surface area contributed by atoms with Crippen LogP contribution < -0.4 is 0 Å². The number of nitrogens with zero attached hydrogens (tertiary/aromatic N) is 1. The minimum Gasteiger partial charge on any atom is -0.373 e. The Labute approximate surface area is 129 Å². The number of alkyl halides is 3. The highest BCUT2D eigenvalue weighted by atomic mass is 19.4. The Balaban J connectivity index is 2.50. The molecule has 0 spiro atoms. The Morgan fingerprint density at radius 1 is 1.04 bits per heavy atom. The lowest BCUT2D eigenvalue weighted by atomic mass is 9.91. The molecule has 2 rings (SSSR count). The molecule has 0 aliphatic rings. The molecule has 0 heterocycles. The van der Waals surface area contributed by atoms with E-state index in [0.29, 0.717) is 17.7 Å². The average molecular weight is 323 g/mol. The molecule has 120 valence electrons. The third-order valence-corrected chi connectivity index (χ3v) is 3.25. The number of rotatable bonds is 4. The Kier molecular flexibility index (Phi) is 4.51. The van der Waals surface area contributed by atoms with Gasteiger partial charge in [-0.05, 0) is 11.6 Å². The van der Waals surface area contributed by atoms with E-state index < -0.39 is 28.0 Å². The Morgan fingerprint density at radius 2 is 1.70 bits per heavy atom. The molecule has 0 bridgehead atoms. The molecule has 7 heteroatoms. The summed E-state index contributed by atoms with van der Waals surface area (Å²) in [6, 6.07) is 12.0. The van der Waals surface area contributed by atoms with Crippen LogP contribution >= 0.6 is 0 Å². The van der Waals surface area contributed by atoms with E-state index in [4.69, 9.17) is 0 Å². The normalized spacial score (nSPS) is 14.6. The van der Waals surface area contributed by atoms with Crippen LogP contribution in [-0.4, -0.2) is 16.2 Å². The van der Waals surface area contributed by atoms with Crippen molar-refractivity contribution in [3.05, 3.63) is 81.9 Å². The summed E-state index contributed by atoms with van der Waals surface area (Å²) in [6.07, 6.45) is -3.33. The number of nitro groups is 1. The fourth-order valence-electron chi connectivity index (χ4n) is 1.99. The lowest BCUT2D eigenvalue weighted by molar-refractivity contribution is -0.385. The van der Waals surface area contributed by atoms with Gasteiger partial charge in [-0.3, -0.25) is 10.1 Å². The number of hydrogen-bond donors (Lipinski definition) is 1. The standard InChI is InChI=1S/C16H12F3NO3/c17-16(18,19)15(21,10-9-12-5-2-1-3-6-12)13-7-4-8-14(11-13)20(22)23/h1-11,21H. The first kappa shape index (κ1) is 16.7. The first-order chi connectivity index (χ1) is 10.7. The molecule has 0 saturated heterocycles. The molecule has 1 unspecified atom stereocenters. The molecule has 2 aromatic carbocycles. The van der Waals surface area contributed by atoms with Crippen molar-refractivity contribution in [3.63, 3.8) is 0 Å². The van der Waals surface area contributed by atoms with Crippen LogP contribution in [0.4, 0.5) is 18.9 Å². The SMILES string of the molecule is O=[N+]([O-])c1cccc(C(O)(C=Cc2ccccc2)C(F)(F)F)c1. The minimum atomic E-state index is -5.03. The van der Waals surface area contributed by atoms with Crippen molar-refractivity contribution in [2.45, 2.75) is 11.8 Å². The monoisotopic (exact) mass is 323 g/mol. The maximum Gasteiger partial charge on any atom is 0.425 e. The number of aliphatic hydroxyl groups is 1. The van der Waals surface area contributed by atoms with Crippen LogP contribution in [0, 0.1) is 10.1 Å². The van der Waals surface area contributed by atoms with E-state index in [1.807, 2.05) is 0 Å². The topological polar surface area (TPSA) is 63.4 Å². The number of non-ortho nitro benzene ring substituents is 1. The summed E-state index contributed by atoms with van der Waals surface area (Å²) in [5, 5.41) is 20.9. The highest BCUT2D eigenvalue weighted by Gasteiger charge is 2.53. The molecule has 0 aliphatic heterocycles. The smallest absolute Gasteiger partial charge is 0.373 e. The van der Waals surface area contributed by atoms with Crippen molar-refractivity contribution in [2.24, 2.45) is 0 Å². The van der Waals surface area contributed by atoms with E-state index in [1.165, 1.54) is 0 Å². The van der Waals surface area contributed by atoms with Crippen molar-refractivity contribution in [1.29, 1.82) is 0 Å². The molecule has 0 radical (unpaired) electrons. The van der Waals surface area contributed by atoms with Gasteiger partial charge in [0, 0.05) is 17.7 Å². The van der Waals surface area contributed by atoms with Crippen LogP contribution in [0.2, 0.25) is 0 Å². The van der Waals surface area contributed by atoms with E-state index in [2.05, 4.69) is 0 Å². The molecule has 0 aliphatic carbocycles. The van der Waals surface area contributed by atoms with Gasteiger partial charge in [0.05, 0.1) is 4.92 Å². The molecule has 2 aromatic rings. The van der Waals surface area contributed by atoms with E-state index in [1.54, 1.807) is 30.3 Å². The van der Waals surface area contributed by atoms with E-state index in [9.17, 15) is 28.4 Å². The zero-order chi connectivity index (χ0) is 17.1. The van der Waals surface area contributed by atoms with Crippen molar-refractivity contribution >= 4 is 11.8 Å². The summed E-state index contributed by atoms with van der Waals surface area (Å²) < 4.78 is 40.1. The molecule has 1 N–H and O–H groups in total. The first-order valence-corrected chi connectivity index (χ1v) is 6.52. The van der Waals surface area contributed by atoms with Crippen LogP contribution in [0.3, 0.4) is 0 Å². The molecule has 0 fully saturated rings. The van der Waals surface area contributed by atoms with Crippen molar-refractivity contribution in [1.82, 2.24) is 0 Å². The second kappa shape index (κ2) is 6.21. The molecule has 0 amide bonds. The summed E-state index contributed by atoms with van der Waals surface area (Å²) >= 11 is 0. The first-order valence-electron chi connectivity index (χ1n) is 6.52. The number of hydrogen-bond acceptors (Lipinski definition) is 3. The Hall–Kier alpha value is -2.67. The largest absolute Gasteiger partial charge is 0.425 e. The van der Waals surface area contributed by atoms with Gasteiger partial charge < -0.3 is 5.11 Å². The lowest BCUT2D eigenvalue weighted by Crippen LogP contribution is -2.40. The van der Waals surface area contributed by atoms with Gasteiger partial charge in [-0.15, -0.1) is 0 Å². The molecular formula is C16H12F3NO3. The van der Waals surface area contributed by atoms with Gasteiger partial charge in [0.1, 0.15) is 0 Å². The maximum atomic E-state index is 13.4. The Morgan fingerprint density at radius 3 is 2.26 bits per heavy atom. The molecule has 23 heavy (non-hydrogen) atoms. The van der Waals surface area contributed by atoms with Gasteiger partial charge >= 0.3 is 6.18 Å². The van der Waals surface area contributed by atoms with Crippen LogP contribution in [0.25, 0.3) is 6.08 Å². The number of halogens is 3. The van der Waals surface area contributed by atoms with Gasteiger partial charge in [-0.25, -0.2) is 0 Å². The molecular weight excluding hydrogens is 311 g/mol. The summed E-state index contributed by atoms with van der Waals surface area (Å²) in [7, 11) is 0. The van der Waals surface area contributed by atoms with Gasteiger partial charge in [0.2, 0.25) is 5.60 Å². The van der Waals surface area contributed by atoms with Gasteiger partial charge in [0.25, 0.3) is 5.69 Å². The number of nitro benzene ring substituents is 1. The summed E-state index contributed by atoms with van der Waals surface area (Å²) in [6.45, 7) is 0. The zero-order valence-corrected chi connectivity index (χ0v) is 11.7. The Bertz CT molecular complexity index is 729. The fraction of sp³-hybridized carbons (Fsp3) is 0.125. The maximum absolute atomic E-state index is 13.4. The molecule has 4 nitrogen and oxygen atoms in total. The van der Waals surface area contributed by atoms with Crippen LogP contribution in [0.1, 0.15) is 11.1 Å². The van der Waals surface area contributed by atoms with Gasteiger partial charge in [-0.1, -0.05) is 48.5 Å². The third kappa shape index (κ3) is 3.57. The highest BCUT2D eigenvalue weighted by Crippen LogP contribution is 2.41. The molecule has 1 atom stereocenters. The van der Waals surface area contributed by atoms with Crippen LogP contribution in [0.15, 0.2) is 60.7 Å². The second-order valence-electron chi connectivity index (χ2n) is 4.82. The van der Waals surface area contributed by atoms with E-state index >= 15 is 0 Å². The van der Waals surface area contributed by atoms with Gasteiger partial charge in [-0.2, -0.15) is 13.2 Å². The lowest BCUT2D eigenvalue weighted by Gasteiger charge is -2.27. The van der Waals surface area contributed by atoms with Crippen LogP contribution in [0.5, 0.6) is 0 Å². The zero-order valence-electron chi connectivity index (χ0n) is 11.7. The van der Waals surface area contributed by atoms with Gasteiger partial charge in [0.15, 0.2) is 0 Å². The molecule has 0 saturated carbocycles. The fourth-order valence-corrected chi connectivity index (χ4v) is 1.99. The summed E-state index contributed by atoms with van der Waals surface area (Å²) in [5.41, 5.74) is -4.01. The van der Waals surface area contributed by atoms with E-state index in [-0.39, 0.29) is 0 Å². The highest BCUT2D eigenvalue weighted by molar-refractivity contribution is 5.52. The van der Waals surface area contributed by atoms with Crippen molar-refractivity contribution in [3.8, 4) is 0 Å². The third-order valence-electron chi connectivity index (χ3n) is 3.25. The predicted molar refractivity (Wildman–Crippen MR) is 78.5 cm³/mol. The van der Waals surface area contributed by atoms with Crippen molar-refractivity contribution < 1.29 is 23.2 Å². The summed E-state index contributed by atoms with van der Waals surface area (Å²) in [5.74, 6) is 0. The van der Waals surface area contributed by atoms with E-state index in [0.717, 1.165) is 24.3 Å². The van der Waals surface area contributed by atoms with Crippen LogP contribution in [-0.2, 0) is 5.60 Å². The summed E-state index contributed by atoms with van der Waals surface area (Å²) in [4.78, 5) is 9.92. The van der Waals surface area contributed by atoms with Crippen molar-refractivity contribution in [2.75, 3.05) is 0 Å².